The maximum absolute atomic E-state index is 13.1. The van der Waals surface area contributed by atoms with Crippen molar-refractivity contribution in [2.75, 3.05) is 23.7 Å². The quantitative estimate of drug-likeness (QED) is 0.563. The van der Waals surface area contributed by atoms with Gasteiger partial charge in [-0.3, -0.25) is 15.8 Å². The zero-order valence-electron chi connectivity index (χ0n) is 20.5. The number of rotatable bonds is 8. The second-order valence-corrected chi connectivity index (χ2v) is 10.7. The molecule has 2 fully saturated rings. The van der Waals surface area contributed by atoms with Crippen LogP contribution in [0.1, 0.15) is 73.6 Å². The molecule has 2 heterocycles. The van der Waals surface area contributed by atoms with Gasteiger partial charge in [-0.1, -0.05) is 33.1 Å². The van der Waals surface area contributed by atoms with Crippen molar-refractivity contribution in [3.8, 4) is 0 Å². The van der Waals surface area contributed by atoms with E-state index in [0.29, 0.717) is 30.9 Å². The predicted octanol–water partition coefficient (Wildman–Crippen LogP) is 2.49. The van der Waals surface area contributed by atoms with Gasteiger partial charge < -0.3 is 15.5 Å². The normalized spacial score (nSPS) is 27.0. The summed E-state index contributed by atoms with van der Waals surface area (Å²) in [6.07, 6.45) is 7.74. The van der Waals surface area contributed by atoms with Crippen molar-refractivity contribution in [2.24, 2.45) is 5.92 Å². The fraction of sp³-hybridized carbons (Fsp3) is 0.826. The van der Waals surface area contributed by atoms with Crippen molar-refractivity contribution < 1.29 is 4.79 Å². The summed E-state index contributed by atoms with van der Waals surface area (Å²) in [7, 11) is 0. The molecule has 1 aromatic heterocycles. The molecule has 9 heteroatoms. The van der Waals surface area contributed by atoms with Gasteiger partial charge in [-0.05, 0) is 46.5 Å². The van der Waals surface area contributed by atoms with E-state index in [1.54, 1.807) is 0 Å². The maximum Gasteiger partial charge on any atom is 0.242 e. The minimum atomic E-state index is -0.605. The van der Waals surface area contributed by atoms with E-state index < -0.39 is 5.54 Å². The number of carbonyl (C=O) groups excluding carboxylic acids is 1. The van der Waals surface area contributed by atoms with Gasteiger partial charge in [0.2, 0.25) is 24.1 Å². The molecule has 2 aliphatic rings. The van der Waals surface area contributed by atoms with Gasteiger partial charge in [-0.25, -0.2) is 0 Å². The van der Waals surface area contributed by atoms with Crippen LogP contribution in [-0.2, 0) is 4.79 Å². The Balaban J connectivity index is 1.72. The fourth-order valence-electron chi connectivity index (χ4n) is 4.95. The topological polar surface area (TPSA) is 119 Å². The van der Waals surface area contributed by atoms with Gasteiger partial charge in [0.1, 0.15) is 0 Å². The zero-order chi connectivity index (χ0) is 23.5. The van der Waals surface area contributed by atoms with E-state index in [0.717, 1.165) is 32.1 Å². The predicted molar refractivity (Wildman–Crippen MR) is 126 cm³/mol. The van der Waals surface area contributed by atoms with E-state index >= 15 is 0 Å². The molecule has 0 bridgehead atoms. The first kappa shape index (κ1) is 24.6. The summed E-state index contributed by atoms with van der Waals surface area (Å²) in [5.74, 6) is 1.32. The molecule has 1 aliphatic carbocycles. The molecule has 3 rings (SSSR count). The first-order valence-electron chi connectivity index (χ1n) is 12.0. The van der Waals surface area contributed by atoms with Gasteiger partial charge in [0.25, 0.3) is 0 Å². The van der Waals surface area contributed by atoms with Crippen molar-refractivity contribution in [3.63, 3.8) is 0 Å². The standard InChI is InChI=1S/C23H40N8O/c1-7-15(2)18(12-31-13-22(3,4)30-23(5,6)19(31)32)28-21-26-14-25-20(29-21)27-17-11-9-8-10-16(17)24/h15-18,24,30H,7-13H2,1-6H3,(H2,25,26,27,28,29). The Bertz CT molecular complexity index is 783. The molecule has 4 atom stereocenters. The van der Waals surface area contributed by atoms with Gasteiger partial charge in [0.15, 0.2) is 0 Å². The summed E-state index contributed by atoms with van der Waals surface area (Å²) in [5, 5.41) is 10.2. The van der Waals surface area contributed by atoms with Crippen molar-refractivity contribution in [2.45, 2.75) is 103 Å². The highest BCUT2D eigenvalue weighted by molar-refractivity contribution is 5.86. The molecule has 1 aliphatic heterocycles. The van der Waals surface area contributed by atoms with Gasteiger partial charge in [0.05, 0.1) is 5.54 Å². The lowest BCUT2D eigenvalue weighted by molar-refractivity contribution is -0.143. The van der Waals surface area contributed by atoms with Crippen LogP contribution in [0, 0.1) is 12.2 Å². The van der Waals surface area contributed by atoms with Gasteiger partial charge >= 0.3 is 0 Å². The minimum absolute atomic E-state index is 0.00379. The summed E-state index contributed by atoms with van der Waals surface area (Å²) in [4.78, 5) is 28.0. The number of piperazine rings is 1. The zero-order valence-corrected chi connectivity index (χ0v) is 20.5. The number of anilines is 2. The Hall–Kier alpha value is -2.00. The van der Waals surface area contributed by atoms with Gasteiger partial charge in [0, 0.05) is 36.8 Å². The Morgan fingerprint density at radius 2 is 1.91 bits per heavy atom. The summed E-state index contributed by atoms with van der Waals surface area (Å²) in [6, 6.07) is -0.0909. The molecule has 1 saturated carbocycles. The van der Waals surface area contributed by atoms with Crippen LogP contribution in [0.3, 0.4) is 0 Å². The smallest absolute Gasteiger partial charge is 0.242 e. The Kier molecular flexibility index (Phi) is 7.60. The molecular formula is C23H40N8O. The number of amides is 1. The number of nitrogens with one attached hydrogen (secondary N) is 4. The molecular weight excluding hydrogens is 404 g/mol. The van der Waals surface area contributed by atoms with Crippen LogP contribution in [0.5, 0.6) is 0 Å². The van der Waals surface area contributed by atoms with Crippen LogP contribution in [0.2, 0.25) is 0 Å². The highest BCUT2D eigenvalue weighted by Crippen LogP contribution is 2.25. The van der Waals surface area contributed by atoms with E-state index in [9.17, 15) is 4.79 Å². The number of nitrogens with zero attached hydrogens (tertiary/aromatic N) is 4. The average Bonchev–Trinajstić information content (AvgIpc) is 2.71. The van der Waals surface area contributed by atoms with Crippen molar-refractivity contribution >= 4 is 17.8 Å². The third-order valence-corrected chi connectivity index (χ3v) is 6.73. The molecule has 1 saturated heterocycles. The number of hydrogen-bond acceptors (Lipinski definition) is 7. The number of carbonyl (C=O) groups is 1. The van der Waals surface area contributed by atoms with Crippen LogP contribution in [0.4, 0.5) is 11.9 Å². The van der Waals surface area contributed by atoms with E-state index in [1.165, 1.54) is 0 Å². The van der Waals surface area contributed by atoms with Crippen LogP contribution >= 0.6 is 0 Å². The van der Waals surface area contributed by atoms with Crippen molar-refractivity contribution in [1.29, 1.82) is 0 Å². The van der Waals surface area contributed by atoms with Crippen LogP contribution in [0.15, 0.2) is 0 Å². The third kappa shape index (κ3) is 6.07. The largest absolute Gasteiger partial charge is 0.350 e. The first-order valence-corrected chi connectivity index (χ1v) is 12.0. The fourth-order valence-corrected chi connectivity index (χ4v) is 4.95. The number of aromatic nitrogens is 3. The van der Waals surface area contributed by atoms with Crippen molar-refractivity contribution in [1.82, 2.24) is 30.9 Å². The first-order chi connectivity index (χ1) is 15.0. The molecule has 178 valence electrons. The molecule has 2 radical (unpaired) electrons. The summed E-state index contributed by atoms with van der Waals surface area (Å²) < 4.78 is 0. The van der Waals surface area contributed by atoms with Crippen LogP contribution in [0.25, 0.3) is 0 Å². The summed E-state index contributed by atoms with van der Waals surface area (Å²) in [5.41, 5.74) is 7.48. The molecule has 1 aromatic rings. The molecule has 0 aromatic carbocycles. The van der Waals surface area contributed by atoms with Crippen molar-refractivity contribution in [3.05, 3.63) is 6.33 Å². The monoisotopic (exact) mass is 444 g/mol. The lowest BCUT2D eigenvalue weighted by Crippen LogP contribution is -2.70. The van der Waals surface area contributed by atoms with Crippen LogP contribution in [-0.4, -0.2) is 68.1 Å². The van der Waals surface area contributed by atoms with E-state index in [-0.39, 0.29) is 29.6 Å². The van der Waals surface area contributed by atoms with Crippen LogP contribution < -0.4 is 21.7 Å². The Labute approximate surface area is 192 Å². The SMILES string of the molecule is CCC(C)C(CN1CC(C)(C)NC(C)(C)C1=O)Nc1n[c]nc(NC2CCCCC2[NH])n1. The second-order valence-electron chi connectivity index (χ2n) is 10.7. The minimum Gasteiger partial charge on any atom is -0.350 e. The summed E-state index contributed by atoms with van der Waals surface area (Å²) in [6.45, 7) is 13.7. The average molecular weight is 445 g/mol. The molecule has 1 amide bonds. The molecule has 4 N–H and O–H groups in total. The lowest BCUT2D eigenvalue weighted by atomic mass is 9.89. The molecule has 9 nitrogen and oxygen atoms in total. The molecule has 0 spiro atoms. The second kappa shape index (κ2) is 9.87. The lowest BCUT2D eigenvalue weighted by Gasteiger charge is -2.48. The number of hydrogen-bond donors (Lipinski definition) is 3. The molecule has 4 unspecified atom stereocenters. The molecule has 32 heavy (non-hydrogen) atoms. The Morgan fingerprint density at radius 3 is 2.59 bits per heavy atom. The van der Waals surface area contributed by atoms with Gasteiger partial charge in [-0.2, -0.15) is 15.0 Å². The van der Waals surface area contributed by atoms with Gasteiger partial charge in [-0.15, -0.1) is 0 Å². The van der Waals surface area contributed by atoms with E-state index in [1.807, 2.05) is 18.7 Å². The highest BCUT2D eigenvalue weighted by atomic mass is 16.2. The highest BCUT2D eigenvalue weighted by Gasteiger charge is 2.44. The summed E-state index contributed by atoms with van der Waals surface area (Å²) >= 11 is 0. The Morgan fingerprint density at radius 1 is 1.22 bits per heavy atom. The maximum atomic E-state index is 13.1. The third-order valence-electron chi connectivity index (χ3n) is 6.73. The van der Waals surface area contributed by atoms with E-state index in [4.69, 9.17) is 5.73 Å². The van der Waals surface area contributed by atoms with E-state index in [2.05, 4.69) is 64.9 Å².